The number of anilines is 1. The zero-order valence-electron chi connectivity index (χ0n) is 17.0. The first kappa shape index (κ1) is 19.5. The molecule has 1 aromatic heterocycles. The van der Waals surface area contributed by atoms with Crippen molar-refractivity contribution in [2.45, 2.75) is 51.3 Å². The zero-order chi connectivity index (χ0) is 19.6. The maximum Gasteiger partial charge on any atom is 0.165 e. The van der Waals surface area contributed by atoms with E-state index in [0.29, 0.717) is 0 Å². The number of aromatic nitrogens is 3. The van der Waals surface area contributed by atoms with Gasteiger partial charge in [-0.3, -0.25) is 0 Å². The Morgan fingerprint density at radius 1 is 1.04 bits per heavy atom. The summed E-state index contributed by atoms with van der Waals surface area (Å²) in [5, 5.41) is 8.73. The molecule has 5 heteroatoms. The molecule has 0 saturated carbocycles. The first-order valence-electron chi connectivity index (χ1n) is 9.32. The van der Waals surface area contributed by atoms with Crippen LogP contribution in [0.15, 0.2) is 47.4 Å². The Balaban J connectivity index is 1.84. The second-order valence-corrected chi connectivity index (χ2v) is 8.76. The van der Waals surface area contributed by atoms with Gasteiger partial charge in [-0.2, -0.15) is 0 Å². The maximum atomic E-state index is 4.42. The maximum absolute atomic E-state index is 4.42. The molecule has 0 aliphatic rings. The van der Waals surface area contributed by atoms with Gasteiger partial charge in [0.05, 0.1) is 5.69 Å². The SMILES string of the molecule is CCc1nnc(-c2cc(C)ccc2NSc2ccc(C(C)(C)C)cc2)n1C. The molecule has 27 heavy (non-hydrogen) atoms. The molecule has 0 bridgehead atoms. The van der Waals surface area contributed by atoms with Gasteiger partial charge in [-0.25, -0.2) is 0 Å². The topological polar surface area (TPSA) is 42.7 Å². The standard InChI is InChI=1S/C22H28N4S/c1-7-20-23-24-21(26(20)6)18-14-15(2)8-13-19(18)25-27-17-11-9-16(10-12-17)22(3,4)5/h8-14,25H,7H2,1-6H3. The molecule has 0 unspecified atom stereocenters. The van der Waals surface area contributed by atoms with Gasteiger partial charge in [-0.05, 0) is 54.1 Å². The van der Waals surface area contributed by atoms with Crippen LogP contribution in [0.1, 0.15) is 44.6 Å². The van der Waals surface area contributed by atoms with E-state index in [4.69, 9.17) is 0 Å². The van der Waals surface area contributed by atoms with E-state index in [1.54, 1.807) is 11.9 Å². The van der Waals surface area contributed by atoms with Gasteiger partial charge in [0, 0.05) is 23.9 Å². The van der Waals surface area contributed by atoms with E-state index in [1.807, 2.05) is 7.05 Å². The van der Waals surface area contributed by atoms with Crippen LogP contribution in [-0.2, 0) is 18.9 Å². The molecule has 1 heterocycles. The van der Waals surface area contributed by atoms with Crippen molar-refractivity contribution in [3.05, 3.63) is 59.4 Å². The highest BCUT2D eigenvalue weighted by Gasteiger charge is 2.15. The van der Waals surface area contributed by atoms with E-state index < -0.39 is 0 Å². The van der Waals surface area contributed by atoms with E-state index >= 15 is 0 Å². The molecule has 142 valence electrons. The van der Waals surface area contributed by atoms with Crippen LogP contribution in [0.25, 0.3) is 11.4 Å². The molecule has 1 N–H and O–H groups in total. The number of hydrogen-bond donors (Lipinski definition) is 1. The lowest BCUT2D eigenvalue weighted by molar-refractivity contribution is 0.590. The summed E-state index contributed by atoms with van der Waals surface area (Å²) in [4.78, 5) is 1.18. The predicted molar refractivity (Wildman–Crippen MR) is 115 cm³/mol. The summed E-state index contributed by atoms with van der Waals surface area (Å²) < 4.78 is 5.58. The molecule has 4 nitrogen and oxygen atoms in total. The van der Waals surface area contributed by atoms with Crippen molar-refractivity contribution < 1.29 is 0 Å². The van der Waals surface area contributed by atoms with Crippen LogP contribution in [0.2, 0.25) is 0 Å². The number of benzene rings is 2. The zero-order valence-corrected chi connectivity index (χ0v) is 17.8. The smallest absolute Gasteiger partial charge is 0.165 e. The molecular weight excluding hydrogens is 352 g/mol. The van der Waals surface area contributed by atoms with Crippen LogP contribution in [0, 0.1) is 6.92 Å². The Hall–Kier alpha value is -2.27. The first-order chi connectivity index (χ1) is 12.8. The fourth-order valence-electron chi connectivity index (χ4n) is 2.97. The summed E-state index contributed by atoms with van der Waals surface area (Å²) in [5.41, 5.74) is 4.83. The van der Waals surface area contributed by atoms with Gasteiger partial charge in [0.25, 0.3) is 0 Å². The van der Waals surface area contributed by atoms with Crippen LogP contribution < -0.4 is 4.72 Å². The second-order valence-electron chi connectivity index (χ2n) is 7.88. The van der Waals surface area contributed by atoms with Gasteiger partial charge in [0.1, 0.15) is 5.82 Å². The highest BCUT2D eigenvalue weighted by molar-refractivity contribution is 8.00. The van der Waals surface area contributed by atoms with Gasteiger partial charge < -0.3 is 9.29 Å². The summed E-state index contributed by atoms with van der Waals surface area (Å²) >= 11 is 1.62. The lowest BCUT2D eigenvalue weighted by Gasteiger charge is -2.19. The van der Waals surface area contributed by atoms with Crippen molar-refractivity contribution >= 4 is 17.6 Å². The molecule has 0 atom stereocenters. The van der Waals surface area contributed by atoms with E-state index in [2.05, 4.69) is 96.6 Å². The van der Waals surface area contributed by atoms with Gasteiger partial charge in [-0.1, -0.05) is 51.5 Å². The van der Waals surface area contributed by atoms with Crippen molar-refractivity contribution in [2.75, 3.05) is 4.72 Å². The average molecular weight is 381 g/mol. The minimum Gasteiger partial charge on any atom is -0.325 e. The van der Waals surface area contributed by atoms with E-state index in [0.717, 1.165) is 29.3 Å². The number of aryl methyl sites for hydroxylation is 2. The summed E-state index contributed by atoms with van der Waals surface area (Å²) in [7, 11) is 2.03. The van der Waals surface area contributed by atoms with Gasteiger partial charge in [-0.15, -0.1) is 10.2 Å². The van der Waals surface area contributed by atoms with Crippen LogP contribution in [0.5, 0.6) is 0 Å². The molecule has 3 rings (SSSR count). The van der Waals surface area contributed by atoms with Gasteiger partial charge >= 0.3 is 0 Å². The fraction of sp³-hybridized carbons (Fsp3) is 0.364. The number of nitrogens with one attached hydrogen (secondary N) is 1. The Morgan fingerprint density at radius 3 is 2.33 bits per heavy atom. The Labute approximate surface area is 166 Å². The molecule has 0 spiro atoms. The molecule has 0 saturated heterocycles. The van der Waals surface area contributed by atoms with Crippen LogP contribution in [-0.4, -0.2) is 14.8 Å². The lowest BCUT2D eigenvalue weighted by atomic mass is 9.87. The molecule has 2 aromatic carbocycles. The third kappa shape index (κ3) is 4.35. The fourth-order valence-corrected chi connectivity index (χ4v) is 3.65. The van der Waals surface area contributed by atoms with Crippen LogP contribution in [0.3, 0.4) is 0 Å². The molecule has 3 aromatic rings. The summed E-state index contributed by atoms with van der Waals surface area (Å²) in [6.07, 6.45) is 0.868. The lowest BCUT2D eigenvalue weighted by Crippen LogP contribution is -2.10. The molecule has 0 aliphatic carbocycles. The van der Waals surface area contributed by atoms with Gasteiger partial charge in [0.15, 0.2) is 5.82 Å². The summed E-state index contributed by atoms with van der Waals surface area (Å²) in [6.45, 7) is 10.9. The highest BCUT2D eigenvalue weighted by Crippen LogP contribution is 2.32. The van der Waals surface area contributed by atoms with E-state index in [-0.39, 0.29) is 5.41 Å². The second kappa shape index (κ2) is 7.77. The van der Waals surface area contributed by atoms with Crippen molar-refractivity contribution in [1.29, 1.82) is 0 Å². The van der Waals surface area contributed by atoms with Crippen molar-refractivity contribution in [2.24, 2.45) is 7.05 Å². The molecule has 0 fully saturated rings. The molecule has 0 aliphatic heterocycles. The third-order valence-corrected chi connectivity index (χ3v) is 5.53. The number of hydrogen-bond acceptors (Lipinski definition) is 4. The van der Waals surface area contributed by atoms with Crippen molar-refractivity contribution in [3.63, 3.8) is 0 Å². The summed E-state index contributed by atoms with van der Waals surface area (Å²) in [6, 6.07) is 15.1. The number of nitrogens with zero attached hydrogens (tertiary/aromatic N) is 3. The minimum atomic E-state index is 0.170. The largest absolute Gasteiger partial charge is 0.325 e. The van der Waals surface area contributed by atoms with Gasteiger partial charge in [0.2, 0.25) is 0 Å². The Bertz CT molecular complexity index is 920. The predicted octanol–water partition coefficient (Wildman–Crippen LogP) is 5.77. The van der Waals surface area contributed by atoms with Crippen LogP contribution in [0.4, 0.5) is 5.69 Å². The monoisotopic (exact) mass is 380 g/mol. The quantitative estimate of drug-likeness (QED) is 0.571. The Morgan fingerprint density at radius 2 is 1.74 bits per heavy atom. The Kier molecular flexibility index (Phi) is 5.61. The van der Waals surface area contributed by atoms with E-state index in [1.165, 1.54) is 16.0 Å². The highest BCUT2D eigenvalue weighted by atomic mass is 32.2. The minimum absolute atomic E-state index is 0.170. The van der Waals surface area contributed by atoms with Crippen molar-refractivity contribution in [3.8, 4) is 11.4 Å². The van der Waals surface area contributed by atoms with Crippen LogP contribution >= 0.6 is 11.9 Å². The van der Waals surface area contributed by atoms with Crippen molar-refractivity contribution in [1.82, 2.24) is 14.8 Å². The molecular formula is C22H28N4S. The first-order valence-corrected chi connectivity index (χ1v) is 10.1. The van der Waals surface area contributed by atoms with E-state index in [9.17, 15) is 0 Å². The normalized spacial score (nSPS) is 11.6. The average Bonchev–Trinajstić information content (AvgIpc) is 3.00. The molecule has 0 amide bonds. The molecule has 0 radical (unpaired) electrons. The number of rotatable bonds is 5. The summed E-state index contributed by atoms with van der Waals surface area (Å²) in [5.74, 6) is 1.88. The third-order valence-electron chi connectivity index (χ3n) is 4.70.